The summed E-state index contributed by atoms with van der Waals surface area (Å²) in [5, 5.41) is 0. The van der Waals surface area contributed by atoms with Crippen molar-refractivity contribution in [1.82, 2.24) is 0 Å². The number of rotatable bonds is 7. The number of ether oxygens (including phenoxy) is 1. The first-order valence-electron chi connectivity index (χ1n) is 6.27. The van der Waals surface area contributed by atoms with Gasteiger partial charge in [0.25, 0.3) is 0 Å². The molecule has 0 saturated carbocycles. The van der Waals surface area contributed by atoms with Crippen LogP contribution in [0.15, 0.2) is 23.8 Å². The lowest BCUT2D eigenvalue weighted by Crippen LogP contribution is -2.13. The highest BCUT2D eigenvalue weighted by molar-refractivity contribution is 6.08. The third kappa shape index (κ3) is 3.52. The van der Waals surface area contributed by atoms with Crippen LogP contribution < -0.4 is 0 Å². The van der Waals surface area contributed by atoms with Crippen LogP contribution in [-0.2, 0) is 4.74 Å². The van der Waals surface area contributed by atoms with E-state index in [1.165, 1.54) is 24.8 Å². The zero-order valence-corrected chi connectivity index (χ0v) is 10.7. The normalized spacial score (nSPS) is 19.9. The molecule has 2 atom stereocenters. The maximum absolute atomic E-state index is 5.69. The Hall–Kier alpha value is -0.495. The Labute approximate surface area is 101 Å². The minimum atomic E-state index is 0.250. The van der Waals surface area contributed by atoms with Gasteiger partial charge in [-0.25, -0.2) is 0 Å². The van der Waals surface area contributed by atoms with Crippen molar-refractivity contribution in [2.75, 3.05) is 7.11 Å². The predicted molar refractivity (Wildman–Crippen MR) is 70.8 cm³/mol. The SMILES string of the molecule is [B]CC(C)CC1=C(C(CC=C)OC)CCC1. The lowest BCUT2D eigenvalue weighted by Gasteiger charge is -2.19. The summed E-state index contributed by atoms with van der Waals surface area (Å²) in [5.41, 5.74) is 3.11. The van der Waals surface area contributed by atoms with E-state index in [0.717, 1.165) is 19.2 Å². The number of hydrogen-bond acceptors (Lipinski definition) is 1. The summed E-state index contributed by atoms with van der Waals surface area (Å²) in [6.07, 6.45) is 8.74. The van der Waals surface area contributed by atoms with Gasteiger partial charge < -0.3 is 4.74 Å². The maximum Gasteiger partial charge on any atom is 0.0818 e. The lowest BCUT2D eigenvalue weighted by atomic mass is 9.86. The third-order valence-electron chi connectivity index (χ3n) is 3.43. The van der Waals surface area contributed by atoms with Gasteiger partial charge in [0.05, 0.1) is 14.0 Å². The van der Waals surface area contributed by atoms with Crippen LogP contribution in [0.4, 0.5) is 0 Å². The summed E-state index contributed by atoms with van der Waals surface area (Å²) in [4.78, 5) is 0. The second kappa shape index (κ2) is 6.95. The van der Waals surface area contributed by atoms with Crippen molar-refractivity contribution >= 4 is 7.85 Å². The smallest absolute Gasteiger partial charge is 0.0818 e. The average molecular weight is 218 g/mol. The van der Waals surface area contributed by atoms with Crippen LogP contribution >= 0.6 is 0 Å². The Morgan fingerprint density at radius 1 is 1.50 bits per heavy atom. The fourth-order valence-corrected chi connectivity index (χ4v) is 2.49. The standard InChI is InChI=1S/C14H23BO/c1-4-6-14(16-3)13-8-5-7-12(13)9-11(2)10-15/h4,11,14H,1,5-10H2,2-3H3. The Balaban J connectivity index is 2.71. The van der Waals surface area contributed by atoms with Gasteiger partial charge in [0.2, 0.25) is 0 Å². The second-order valence-corrected chi connectivity index (χ2v) is 4.78. The van der Waals surface area contributed by atoms with Crippen LogP contribution in [-0.4, -0.2) is 21.1 Å². The molecule has 1 nitrogen and oxygen atoms in total. The fourth-order valence-electron chi connectivity index (χ4n) is 2.49. The van der Waals surface area contributed by atoms with Crippen molar-refractivity contribution < 1.29 is 4.74 Å². The lowest BCUT2D eigenvalue weighted by molar-refractivity contribution is 0.131. The van der Waals surface area contributed by atoms with Gasteiger partial charge in [-0.05, 0) is 43.6 Å². The molecule has 0 amide bonds. The molecule has 0 aliphatic heterocycles. The van der Waals surface area contributed by atoms with E-state index in [0.29, 0.717) is 5.92 Å². The van der Waals surface area contributed by atoms with Gasteiger partial charge >= 0.3 is 0 Å². The van der Waals surface area contributed by atoms with E-state index in [-0.39, 0.29) is 6.10 Å². The fraction of sp³-hybridized carbons (Fsp3) is 0.714. The second-order valence-electron chi connectivity index (χ2n) is 4.78. The Kier molecular flexibility index (Phi) is 5.90. The molecule has 0 aromatic heterocycles. The molecule has 0 aromatic rings. The van der Waals surface area contributed by atoms with Gasteiger partial charge in [-0.1, -0.05) is 24.9 Å². The monoisotopic (exact) mass is 218 g/mol. The topological polar surface area (TPSA) is 9.23 Å². The summed E-state index contributed by atoms with van der Waals surface area (Å²) in [6.45, 7) is 6.02. The third-order valence-corrected chi connectivity index (χ3v) is 3.43. The molecule has 0 saturated heterocycles. The molecule has 0 bridgehead atoms. The van der Waals surface area contributed by atoms with Crippen molar-refractivity contribution in [3.63, 3.8) is 0 Å². The molecule has 2 heteroatoms. The number of allylic oxidation sites excluding steroid dienone is 1. The molecular weight excluding hydrogens is 195 g/mol. The van der Waals surface area contributed by atoms with Gasteiger partial charge in [-0.2, -0.15) is 0 Å². The van der Waals surface area contributed by atoms with E-state index in [4.69, 9.17) is 12.6 Å². The van der Waals surface area contributed by atoms with Crippen LogP contribution in [0.25, 0.3) is 0 Å². The minimum Gasteiger partial charge on any atom is -0.377 e. The first kappa shape index (κ1) is 13.6. The van der Waals surface area contributed by atoms with E-state index in [1.54, 1.807) is 12.7 Å². The highest BCUT2D eigenvalue weighted by Gasteiger charge is 2.22. The van der Waals surface area contributed by atoms with Crippen LogP contribution in [0.1, 0.15) is 39.0 Å². The maximum atomic E-state index is 5.69. The molecule has 16 heavy (non-hydrogen) atoms. The molecule has 1 rings (SSSR count). The largest absolute Gasteiger partial charge is 0.377 e. The quantitative estimate of drug-likeness (QED) is 0.468. The molecule has 1 aliphatic carbocycles. The van der Waals surface area contributed by atoms with E-state index in [2.05, 4.69) is 13.5 Å². The van der Waals surface area contributed by atoms with Crippen LogP contribution in [0.3, 0.4) is 0 Å². The van der Waals surface area contributed by atoms with Crippen LogP contribution in [0.5, 0.6) is 0 Å². The molecule has 0 fully saturated rings. The predicted octanol–water partition coefficient (Wildman–Crippen LogP) is 3.67. The first-order chi connectivity index (χ1) is 7.72. The highest BCUT2D eigenvalue weighted by atomic mass is 16.5. The molecule has 0 N–H and O–H groups in total. The first-order valence-corrected chi connectivity index (χ1v) is 6.27. The molecule has 88 valence electrons. The summed E-state index contributed by atoms with van der Waals surface area (Å²) >= 11 is 0. The Bertz CT molecular complexity index is 257. The zero-order valence-electron chi connectivity index (χ0n) is 10.7. The Morgan fingerprint density at radius 3 is 2.81 bits per heavy atom. The molecule has 0 spiro atoms. The summed E-state index contributed by atoms with van der Waals surface area (Å²) in [5.74, 6) is 0.587. The highest BCUT2D eigenvalue weighted by Crippen LogP contribution is 2.35. The van der Waals surface area contributed by atoms with Gasteiger partial charge in [-0.15, -0.1) is 6.58 Å². The van der Waals surface area contributed by atoms with E-state index in [1.807, 2.05) is 6.08 Å². The van der Waals surface area contributed by atoms with E-state index < -0.39 is 0 Å². The minimum absolute atomic E-state index is 0.250. The van der Waals surface area contributed by atoms with Gasteiger partial charge in [0.15, 0.2) is 0 Å². The molecule has 0 aromatic carbocycles. The van der Waals surface area contributed by atoms with E-state index >= 15 is 0 Å². The Morgan fingerprint density at radius 2 is 2.25 bits per heavy atom. The molecule has 0 heterocycles. The van der Waals surface area contributed by atoms with Crippen molar-refractivity contribution in [3.8, 4) is 0 Å². The van der Waals surface area contributed by atoms with Crippen molar-refractivity contribution in [2.45, 2.75) is 51.5 Å². The van der Waals surface area contributed by atoms with Crippen LogP contribution in [0, 0.1) is 5.92 Å². The molecule has 1 aliphatic rings. The van der Waals surface area contributed by atoms with Gasteiger partial charge in [0, 0.05) is 7.11 Å². The zero-order chi connectivity index (χ0) is 12.0. The number of hydrogen-bond donors (Lipinski definition) is 0. The number of methoxy groups -OCH3 is 1. The average Bonchev–Trinajstić information content (AvgIpc) is 2.73. The molecule has 2 unspecified atom stereocenters. The molecule has 2 radical (unpaired) electrons. The van der Waals surface area contributed by atoms with Crippen molar-refractivity contribution in [3.05, 3.63) is 23.8 Å². The van der Waals surface area contributed by atoms with Crippen molar-refractivity contribution in [2.24, 2.45) is 5.92 Å². The summed E-state index contributed by atoms with van der Waals surface area (Å²) in [7, 11) is 7.49. The van der Waals surface area contributed by atoms with Gasteiger partial charge in [-0.3, -0.25) is 0 Å². The summed E-state index contributed by atoms with van der Waals surface area (Å²) < 4.78 is 5.56. The van der Waals surface area contributed by atoms with E-state index in [9.17, 15) is 0 Å². The molecular formula is C14H23BO. The van der Waals surface area contributed by atoms with Crippen LogP contribution in [0.2, 0.25) is 6.32 Å². The van der Waals surface area contributed by atoms with Gasteiger partial charge in [0.1, 0.15) is 0 Å². The van der Waals surface area contributed by atoms with Crippen molar-refractivity contribution in [1.29, 1.82) is 0 Å². The summed E-state index contributed by atoms with van der Waals surface area (Å²) in [6, 6.07) is 0.